The monoisotopic (exact) mass is 431 g/mol. The fourth-order valence-electron chi connectivity index (χ4n) is 4.20. The van der Waals surface area contributed by atoms with E-state index in [1.165, 1.54) is 24.3 Å². The van der Waals surface area contributed by atoms with E-state index in [2.05, 4.69) is 23.2 Å². The standard InChI is InChI=1S/C25H16F2N3.ClH/c26-17-7-5-16(6-8-17)24-25-23-21(20-3-1-2-4-22(20)28-23)13-14-29(25)15-30(24)19-11-9-18(27)10-12-19;/h1-15,28H;1H/q+1;/p-1. The highest BCUT2D eigenvalue weighted by Crippen LogP contribution is 2.33. The molecule has 1 N–H and O–H groups in total. The summed E-state index contributed by atoms with van der Waals surface area (Å²) in [4.78, 5) is 3.55. The van der Waals surface area contributed by atoms with E-state index in [4.69, 9.17) is 0 Å². The minimum atomic E-state index is -0.288. The highest BCUT2D eigenvalue weighted by atomic mass is 35.5. The molecule has 3 aromatic heterocycles. The van der Waals surface area contributed by atoms with Gasteiger partial charge in [0.25, 0.3) is 6.33 Å². The molecule has 0 saturated carbocycles. The number of pyridine rings is 1. The second-order valence-electron chi connectivity index (χ2n) is 7.35. The summed E-state index contributed by atoms with van der Waals surface area (Å²) in [5.74, 6) is -0.573. The van der Waals surface area contributed by atoms with Gasteiger partial charge in [-0.15, -0.1) is 0 Å². The molecule has 0 aliphatic rings. The smallest absolute Gasteiger partial charge is 0.254 e. The fraction of sp³-hybridized carbons (Fsp3) is 0. The summed E-state index contributed by atoms with van der Waals surface area (Å²) in [6.45, 7) is 0. The van der Waals surface area contributed by atoms with Crippen LogP contribution in [0.1, 0.15) is 0 Å². The molecule has 0 saturated heterocycles. The van der Waals surface area contributed by atoms with E-state index in [1.54, 1.807) is 24.3 Å². The van der Waals surface area contributed by atoms with Crippen molar-refractivity contribution >= 4 is 27.3 Å². The van der Waals surface area contributed by atoms with Gasteiger partial charge in [-0.3, -0.25) is 0 Å². The van der Waals surface area contributed by atoms with Gasteiger partial charge in [-0.1, -0.05) is 18.2 Å². The Kier molecular flexibility index (Phi) is 4.49. The quantitative estimate of drug-likeness (QED) is 0.408. The SMILES string of the molecule is Fc1ccc(-c2c3c4[nH]c5ccccc5c4cc[n+]3cn2-c2ccc(F)cc2)cc1.[Cl-]. The third-order valence-corrected chi connectivity index (χ3v) is 5.57. The normalized spacial score (nSPS) is 11.3. The number of halogens is 3. The molecule has 0 unspecified atom stereocenters. The van der Waals surface area contributed by atoms with Crippen LogP contribution in [-0.4, -0.2) is 9.55 Å². The molecule has 0 aliphatic carbocycles. The third-order valence-electron chi connectivity index (χ3n) is 5.57. The van der Waals surface area contributed by atoms with Crippen molar-refractivity contribution in [3.05, 3.63) is 103 Å². The molecule has 152 valence electrons. The van der Waals surface area contributed by atoms with Crippen LogP contribution in [0.2, 0.25) is 0 Å². The summed E-state index contributed by atoms with van der Waals surface area (Å²) in [6.07, 6.45) is 3.98. The number of para-hydroxylation sites is 1. The first-order valence-electron chi connectivity index (χ1n) is 9.67. The van der Waals surface area contributed by atoms with Gasteiger partial charge in [-0.05, 0) is 60.7 Å². The van der Waals surface area contributed by atoms with E-state index in [0.29, 0.717) is 0 Å². The molecule has 0 amide bonds. The Balaban J connectivity index is 0.00000204. The molecule has 0 spiro atoms. The summed E-state index contributed by atoms with van der Waals surface area (Å²) in [6, 6.07) is 23.1. The maximum atomic E-state index is 13.6. The van der Waals surface area contributed by atoms with Crippen LogP contribution in [-0.2, 0) is 0 Å². The Labute approximate surface area is 182 Å². The van der Waals surface area contributed by atoms with E-state index in [0.717, 1.165) is 44.3 Å². The molecule has 0 atom stereocenters. The first kappa shape index (κ1) is 19.3. The fourth-order valence-corrected chi connectivity index (χ4v) is 4.20. The minimum absolute atomic E-state index is 0. The number of hydrogen-bond acceptors (Lipinski definition) is 0. The molecule has 3 heterocycles. The lowest BCUT2D eigenvalue weighted by Gasteiger charge is -2.03. The van der Waals surface area contributed by atoms with E-state index < -0.39 is 0 Å². The predicted octanol–water partition coefficient (Wildman–Crippen LogP) is 2.80. The molecular formula is C25H16ClF2N3. The number of nitrogens with one attached hydrogen (secondary N) is 1. The number of rotatable bonds is 2. The van der Waals surface area contributed by atoms with Crippen molar-refractivity contribution in [1.29, 1.82) is 0 Å². The molecule has 31 heavy (non-hydrogen) atoms. The summed E-state index contributed by atoms with van der Waals surface area (Å²) < 4.78 is 31.2. The van der Waals surface area contributed by atoms with Crippen LogP contribution >= 0.6 is 0 Å². The number of imidazole rings is 1. The van der Waals surface area contributed by atoms with Crippen LogP contribution < -0.4 is 16.8 Å². The van der Waals surface area contributed by atoms with Crippen LogP contribution in [0.3, 0.4) is 0 Å². The highest BCUT2D eigenvalue weighted by Gasteiger charge is 2.25. The van der Waals surface area contributed by atoms with Gasteiger partial charge in [0, 0.05) is 21.9 Å². The van der Waals surface area contributed by atoms with Gasteiger partial charge in [0.1, 0.15) is 17.3 Å². The van der Waals surface area contributed by atoms with E-state index >= 15 is 0 Å². The average molecular weight is 432 g/mol. The zero-order chi connectivity index (χ0) is 20.2. The van der Waals surface area contributed by atoms with Crippen LogP contribution in [0.15, 0.2) is 91.4 Å². The minimum Gasteiger partial charge on any atom is -1.00 e. The van der Waals surface area contributed by atoms with Crippen molar-refractivity contribution in [2.75, 3.05) is 0 Å². The van der Waals surface area contributed by atoms with Crippen LogP contribution in [0.5, 0.6) is 0 Å². The molecule has 6 rings (SSSR count). The predicted molar refractivity (Wildman–Crippen MR) is 114 cm³/mol. The van der Waals surface area contributed by atoms with Crippen molar-refractivity contribution in [2.45, 2.75) is 0 Å². The van der Waals surface area contributed by atoms with Gasteiger partial charge in [0.15, 0.2) is 5.69 Å². The topological polar surface area (TPSA) is 24.8 Å². The van der Waals surface area contributed by atoms with Crippen molar-refractivity contribution in [1.82, 2.24) is 9.55 Å². The number of H-pyrrole nitrogens is 1. The number of aromatic amines is 1. The van der Waals surface area contributed by atoms with E-state index in [1.807, 2.05) is 33.6 Å². The van der Waals surface area contributed by atoms with Crippen LogP contribution in [0, 0.1) is 11.6 Å². The second-order valence-corrected chi connectivity index (χ2v) is 7.35. The van der Waals surface area contributed by atoms with Crippen molar-refractivity contribution in [3.63, 3.8) is 0 Å². The first-order valence-corrected chi connectivity index (χ1v) is 9.67. The molecule has 0 fully saturated rings. The number of fused-ring (bicyclic) bond motifs is 5. The van der Waals surface area contributed by atoms with Crippen LogP contribution in [0.25, 0.3) is 44.3 Å². The number of benzene rings is 3. The Bertz CT molecular complexity index is 1550. The Morgan fingerprint density at radius 2 is 1.42 bits per heavy atom. The Hall–Kier alpha value is -3.70. The Morgan fingerprint density at radius 3 is 2.16 bits per heavy atom. The highest BCUT2D eigenvalue weighted by molar-refractivity contribution is 6.13. The van der Waals surface area contributed by atoms with Crippen LogP contribution in [0.4, 0.5) is 8.78 Å². The van der Waals surface area contributed by atoms with Gasteiger partial charge in [0.2, 0.25) is 5.52 Å². The van der Waals surface area contributed by atoms with Gasteiger partial charge in [-0.25, -0.2) is 8.78 Å². The average Bonchev–Trinajstić information content (AvgIpc) is 3.33. The lowest BCUT2D eigenvalue weighted by molar-refractivity contribution is -0.510. The van der Waals surface area contributed by atoms with Gasteiger partial charge in [0.05, 0.1) is 11.7 Å². The number of nitrogens with zero attached hydrogens (tertiary/aromatic N) is 2. The van der Waals surface area contributed by atoms with Crippen molar-refractivity contribution in [2.24, 2.45) is 0 Å². The van der Waals surface area contributed by atoms with E-state index in [9.17, 15) is 8.78 Å². The van der Waals surface area contributed by atoms with E-state index in [-0.39, 0.29) is 24.0 Å². The maximum Gasteiger partial charge on any atom is 0.254 e. The summed E-state index contributed by atoms with van der Waals surface area (Å²) in [7, 11) is 0. The number of hydrogen-bond donors (Lipinski definition) is 1. The summed E-state index contributed by atoms with van der Waals surface area (Å²) >= 11 is 0. The Morgan fingerprint density at radius 1 is 0.742 bits per heavy atom. The maximum absolute atomic E-state index is 13.6. The zero-order valence-corrected chi connectivity index (χ0v) is 16.9. The van der Waals surface area contributed by atoms with Crippen molar-refractivity contribution < 1.29 is 25.6 Å². The summed E-state index contributed by atoms with van der Waals surface area (Å²) in [5, 5.41) is 2.26. The van der Waals surface area contributed by atoms with Gasteiger partial charge >= 0.3 is 0 Å². The van der Waals surface area contributed by atoms with Gasteiger partial charge < -0.3 is 17.4 Å². The molecule has 3 nitrogen and oxygen atoms in total. The molecule has 0 radical (unpaired) electrons. The first-order chi connectivity index (χ1) is 14.7. The molecule has 0 aliphatic heterocycles. The largest absolute Gasteiger partial charge is 1.00 e. The summed E-state index contributed by atoms with van der Waals surface area (Å²) in [5.41, 5.74) is 5.62. The lowest BCUT2D eigenvalue weighted by Crippen LogP contribution is -3.00. The van der Waals surface area contributed by atoms with Crippen molar-refractivity contribution in [3.8, 4) is 16.9 Å². The lowest BCUT2D eigenvalue weighted by atomic mass is 10.1. The molecule has 3 aromatic carbocycles. The third kappa shape index (κ3) is 2.97. The van der Waals surface area contributed by atoms with Gasteiger partial charge in [-0.2, -0.15) is 8.97 Å². The second kappa shape index (κ2) is 7.22. The molecule has 6 heteroatoms. The molecular weight excluding hydrogens is 416 g/mol. The number of aromatic nitrogens is 3. The molecule has 6 aromatic rings. The zero-order valence-electron chi connectivity index (χ0n) is 16.2. The molecule has 0 bridgehead atoms.